The van der Waals surface area contributed by atoms with Gasteiger partial charge in [-0.2, -0.15) is 0 Å². The molecule has 0 aromatic carbocycles. The van der Waals surface area contributed by atoms with Crippen LogP contribution in [0.25, 0.3) is 0 Å². The summed E-state index contributed by atoms with van der Waals surface area (Å²) in [6, 6.07) is 0. The van der Waals surface area contributed by atoms with Gasteiger partial charge in [0.05, 0.1) is 5.69 Å². The molecule has 1 aromatic rings. The predicted molar refractivity (Wildman–Crippen MR) is 63.1 cm³/mol. The van der Waals surface area contributed by atoms with Crippen molar-refractivity contribution in [1.82, 2.24) is 4.98 Å². The number of hydrogen-bond acceptors (Lipinski definition) is 4. The zero-order valence-electron chi connectivity index (χ0n) is 9.55. The Balaban J connectivity index is 2.59. The van der Waals surface area contributed by atoms with Crippen LogP contribution in [-0.4, -0.2) is 16.4 Å². The van der Waals surface area contributed by atoms with Crippen molar-refractivity contribution in [3.8, 4) is 0 Å². The number of nitrogens with zero attached hydrogens (tertiary/aromatic N) is 1. The Morgan fingerprint density at radius 2 is 2.13 bits per heavy atom. The standard InChI is InChI=1S/C10H17N3OS/c1-6-7(2)15-9(12-6)13-8(14)5-10(3,4)11/h5,11H2,1-4H3,(H,12,13,14). The number of amides is 1. The van der Waals surface area contributed by atoms with Crippen molar-refractivity contribution in [2.45, 2.75) is 39.7 Å². The van der Waals surface area contributed by atoms with E-state index in [-0.39, 0.29) is 5.91 Å². The van der Waals surface area contributed by atoms with Crippen LogP contribution in [0.15, 0.2) is 0 Å². The van der Waals surface area contributed by atoms with Crippen LogP contribution < -0.4 is 11.1 Å². The zero-order chi connectivity index (χ0) is 11.6. The maximum absolute atomic E-state index is 11.5. The highest BCUT2D eigenvalue weighted by atomic mass is 32.1. The Morgan fingerprint density at radius 1 is 1.53 bits per heavy atom. The monoisotopic (exact) mass is 227 g/mol. The number of nitrogens with two attached hydrogens (primary N) is 1. The van der Waals surface area contributed by atoms with Crippen molar-refractivity contribution < 1.29 is 4.79 Å². The molecule has 1 heterocycles. The van der Waals surface area contributed by atoms with Gasteiger partial charge in [-0.25, -0.2) is 4.98 Å². The van der Waals surface area contributed by atoms with Crippen molar-refractivity contribution in [2.75, 3.05) is 5.32 Å². The molecule has 1 rings (SSSR count). The maximum Gasteiger partial charge on any atom is 0.227 e. The van der Waals surface area contributed by atoms with Crippen LogP contribution in [0.1, 0.15) is 30.8 Å². The summed E-state index contributed by atoms with van der Waals surface area (Å²) in [6.45, 7) is 7.56. The van der Waals surface area contributed by atoms with Gasteiger partial charge >= 0.3 is 0 Å². The number of anilines is 1. The van der Waals surface area contributed by atoms with E-state index in [0.717, 1.165) is 10.6 Å². The van der Waals surface area contributed by atoms with E-state index < -0.39 is 5.54 Å². The summed E-state index contributed by atoms with van der Waals surface area (Å²) in [5, 5.41) is 3.40. The van der Waals surface area contributed by atoms with Crippen molar-refractivity contribution in [1.29, 1.82) is 0 Å². The molecule has 3 N–H and O–H groups in total. The molecule has 0 fully saturated rings. The maximum atomic E-state index is 11.5. The van der Waals surface area contributed by atoms with Crippen LogP contribution in [0.3, 0.4) is 0 Å². The Kier molecular flexibility index (Phi) is 3.46. The first-order valence-electron chi connectivity index (χ1n) is 4.81. The normalized spacial score (nSPS) is 11.5. The van der Waals surface area contributed by atoms with Gasteiger partial charge in [-0.05, 0) is 27.7 Å². The van der Waals surface area contributed by atoms with E-state index >= 15 is 0 Å². The third-order valence-corrected chi connectivity index (χ3v) is 2.88. The van der Waals surface area contributed by atoms with E-state index in [4.69, 9.17) is 5.73 Å². The highest BCUT2D eigenvalue weighted by Crippen LogP contribution is 2.21. The number of carbonyl (C=O) groups excluding carboxylic acids is 1. The number of hydrogen-bond donors (Lipinski definition) is 2. The molecule has 0 unspecified atom stereocenters. The highest BCUT2D eigenvalue weighted by molar-refractivity contribution is 7.15. The van der Waals surface area contributed by atoms with Gasteiger partial charge in [0.1, 0.15) is 0 Å². The molecule has 0 atom stereocenters. The molecule has 5 heteroatoms. The number of rotatable bonds is 3. The number of aryl methyl sites for hydroxylation is 2. The van der Waals surface area contributed by atoms with E-state index in [0.29, 0.717) is 11.6 Å². The quantitative estimate of drug-likeness (QED) is 0.827. The van der Waals surface area contributed by atoms with Gasteiger partial charge in [0.15, 0.2) is 5.13 Å². The van der Waals surface area contributed by atoms with Crippen molar-refractivity contribution in [2.24, 2.45) is 5.73 Å². The lowest BCUT2D eigenvalue weighted by Crippen LogP contribution is -2.36. The summed E-state index contributed by atoms with van der Waals surface area (Å²) >= 11 is 1.48. The molecule has 0 spiro atoms. The summed E-state index contributed by atoms with van der Waals surface area (Å²) in [5.41, 5.74) is 6.23. The predicted octanol–water partition coefficient (Wildman–Crippen LogP) is 1.83. The number of thiazole rings is 1. The lowest BCUT2D eigenvalue weighted by molar-refractivity contribution is -0.117. The molecule has 0 saturated heterocycles. The molecule has 4 nitrogen and oxygen atoms in total. The summed E-state index contributed by atoms with van der Waals surface area (Å²) in [5.74, 6) is -0.0868. The molecule has 0 radical (unpaired) electrons. The summed E-state index contributed by atoms with van der Waals surface area (Å²) < 4.78 is 0. The molecule has 15 heavy (non-hydrogen) atoms. The van der Waals surface area contributed by atoms with Crippen molar-refractivity contribution in [3.05, 3.63) is 10.6 Å². The van der Waals surface area contributed by atoms with Crippen LogP contribution in [0.5, 0.6) is 0 Å². The first-order valence-corrected chi connectivity index (χ1v) is 5.62. The molecule has 84 valence electrons. The van der Waals surface area contributed by atoms with E-state index in [2.05, 4.69) is 10.3 Å². The summed E-state index contributed by atoms with van der Waals surface area (Å²) in [4.78, 5) is 16.9. The Labute approximate surface area is 93.9 Å². The fraction of sp³-hybridized carbons (Fsp3) is 0.600. The smallest absolute Gasteiger partial charge is 0.227 e. The topological polar surface area (TPSA) is 68.0 Å². The molecule has 0 bridgehead atoms. The minimum absolute atomic E-state index is 0.0868. The highest BCUT2D eigenvalue weighted by Gasteiger charge is 2.17. The van der Waals surface area contributed by atoms with Crippen LogP contribution in [-0.2, 0) is 4.79 Å². The summed E-state index contributed by atoms with van der Waals surface area (Å²) in [7, 11) is 0. The molecule has 1 aromatic heterocycles. The van der Waals surface area contributed by atoms with Gasteiger partial charge in [-0.15, -0.1) is 11.3 Å². The van der Waals surface area contributed by atoms with Gasteiger partial charge in [0, 0.05) is 16.8 Å². The molecule has 0 aliphatic carbocycles. The second kappa shape index (κ2) is 4.28. The second-order valence-electron chi connectivity index (χ2n) is 4.37. The third-order valence-electron chi connectivity index (χ3n) is 1.89. The molecule has 0 aliphatic heterocycles. The largest absolute Gasteiger partial charge is 0.325 e. The molecule has 1 amide bonds. The summed E-state index contributed by atoms with van der Waals surface area (Å²) in [6.07, 6.45) is 0.296. The minimum atomic E-state index is -0.481. The SMILES string of the molecule is Cc1nc(NC(=O)CC(C)(C)N)sc1C. The Hall–Kier alpha value is -0.940. The van der Waals surface area contributed by atoms with Crippen molar-refractivity contribution >= 4 is 22.4 Å². The average molecular weight is 227 g/mol. The first kappa shape index (κ1) is 12.1. The van der Waals surface area contributed by atoms with E-state index in [9.17, 15) is 4.79 Å². The van der Waals surface area contributed by atoms with E-state index in [1.54, 1.807) is 0 Å². The zero-order valence-corrected chi connectivity index (χ0v) is 10.4. The van der Waals surface area contributed by atoms with Gasteiger partial charge < -0.3 is 11.1 Å². The van der Waals surface area contributed by atoms with Crippen LogP contribution >= 0.6 is 11.3 Å². The molecule has 0 saturated carbocycles. The van der Waals surface area contributed by atoms with Gasteiger partial charge in [0.25, 0.3) is 0 Å². The fourth-order valence-electron chi connectivity index (χ4n) is 1.10. The van der Waals surface area contributed by atoms with Crippen LogP contribution in [0.4, 0.5) is 5.13 Å². The van der Waals surface area contributed by atoms with Gasteiger partial charge in [-0.3, -0.25) is 4.79 Å². The molecule has 0 aliphatic rings. The van der Waals surface area contributed by atoms with Gasteiger partial charge in [0.2, 0.25) is 5.91 Å². The molecular weight excluding hydrogens is 210 g/mol. The third kappa shape index (κ3) is 3.97. The first-order chi connectivity index (χ1) is 6.78. The Morgan fingerprint density at radius 3 is 2.53 bits per heavy atom. The number of aromatic nitrogens is 1. The van der Waals surface area contributed by atoms with Crippen molar-refractivity contribution in [3.63, 3.8) is 0 Å². The average Bonchev–Trinajstić information content (AvgIpc) is 2.26. The lowest BCUT2D eigenvalue weighted by atomic mass is 10.0. The van der Waals surface area contributed by atoms with E-state index in [1.807, 2.05) is 27.7 Å². The van der Waals surface area contributed by atoms with Crippen LogP contribution in [0, 0.1) is 13.8 Å². The van der Waals surface area contributed by atoms with Gasteiger partial charge in [-0.1, -0.05) is 0 Å². The lowest BCUT2D eigenvalue weighted by Gasteiger charge is -2.16. The minimum Gasteiger partial charge on any atom is -0.325 e. The van der Waals surface area contributed by atoms with E-state index in [1.165, 1.54) is 11.3 Å². The fourth-order valence-corrected chi connectivity index (χ4v) is 1.93. The number of carbonyl (C=O) groups is 1. The second-order valence-corrected chi connectivity index (χ2v) is 5.58. The molecular formula is C10H17N3OS. The Bertz CT molecular complexity index is 346. The van der Waals surface area contributed by atoms with Crippen LogP contribution in [0.2, 0.25) is 0 Å². The number of nitrogens with one attached hydrogen (secondary N) is 1.